The van der Waals surface area contributed by atoms with Gasteiger partial charge in [-0.2, -0.15) is 15.8 Å². The number of nitrogens with zero attached hydrogens (tertiary/aromatic N) is 4. The van der Waals surface area contributed by atoms with Gasteiger partial charge in [0.25, 0.3) is 0 Å². The Hall–Kier alpha value is -3.23. The summed E-state index contributed by atoms with van der Waals surface area (Å²) in [5.41, 5.74) is 1.97. The monoisotopic (exact) mass is 263 g/mol. The Kier molecular flexibility index (Phi) is 5.38. The van der Waals surface area contributed by atoms with Crippen LogP contribution in [-0.4, -0.2) is 19.0 Å². The third kappa shape index (κ3) is 3.91. The highest BCUT2D eigenvalue weighted by Crippen LogP contribution is 2.11. The lowest BCUT2D eigenvalue weighted by Crippen LogP contribution is -2.11. The predicted octanol–water partition coefficient (Wildman–Crippen LogP) is 2.35. The molecule has 0 heterocycles. The number of likely N-dealkylation sites (N-methyl/N-ethyl adjacent to an activating group) is 1. The minimum atomic E-state index is 0.0490. The number of allylic oxidation sites excluding steroid dienone is 2. The molecule has 5 nitrogen and oxygen atoms in total. The maximum absolute atomic E-state index is 8.88. The van der Waals surface area contributed by atoms with E-state index in [1.165, 1.54) is 0 Å². The van der Waals surface area contributed by atoms with Crippen LogP contribution in [0.25, 0.3) is 0 Å². The standard InChI is InChI=1S/C15H13N5/c1-20(2)15(13(10-17)11-18)7-8-19-14-5-3-12(9-16)4-6-14/h3-8,19H,1-2H3. The number of nitriles is 3. The van der Waals surface area contributed by atoms with E-state index in [9.17, 15) is 0 Å². The second-order valence-electron chi connectivity index (χ2n) is 4.05. The van der Waals surface area contributed by atoms with Crippen molar-refractivity contribution in [3.8, 4) is 18.2 Å². The number of hydrogen-bond acceptors (Lipinski definition) is 5. The Bertz CT molecular complexity index is 629. The van der Waals surface area contributed by atoms with Gasteiger partial charge in [0, 0.05) is 26.0 Å². The summed E-state index contributed by atoms with van der Waals surface area (Å²) in [6.07, 6.45) is 3.30. The van der Waals surface area contributed by atoms with Crippen LogP contribution in [0.1, 0.15) is 5.56 Å². The van der Waals surface area contributed by atoms with E-state index in [0.29, 0.717) is 11.3 Å². The van der Waals surface area contributed by atoms with Crippen molar-refractivity contribution in [2.45, 2.75) is 0 Å². The smallest absolute Gasteiger partial charge is 0.152 e. The van der Waals surface area contributed by atoms with Gasteiger partial charge < -0.3 is 10.2 Å². The first-order chi connectivity index (χ1) is 9.62. The quantitative estimate of drug-likeness (QED) is 0.665. The van der Waals surface area contributed by atoms with Gasteiger partial charge in [-0.3, -0.25) is 0 Å². The lowest BCUT2D eigenvalue weighted by molar-refractivity contribution is 0.527. The minimum absolute atomic E-state index is 0.0490. The van der Waals surface area contributed by atoms with Crippen LogP contribution >= 0.6 is 0 Å². The van der Waals surface area contributed by atoms with Gasteiger partial charge in [0.15, 0.2) is 5.57 Å². The van der Waals surface area contributed by atoms with Crippen molar-refractivity contribution in [2.24, 2.45) is 0 Å². The largest absolute Gasteiger partial charge is 0.376 e. The van der Waals surface area contributed by atoms with Gasteiger partial charge in [0.05, 0.1) is 17.3 Å². The van der Waals surface area contributed by atoms with E-state index in [2.05, 4.69) is 5.32 Å². The molecule has 0 radical (unpaired) electrons. The van der Waals surface area contributed by atoms with Gasteiger partial charge in [0.2, 0.25) is 0 Å². The van der Waals surface area contributed by atoms with Crippen LogP contribution in [0.3, 0.4) is 0 Å². The normalized spacial score (nSPS) is 9.15. The second kappa shape index (κ2) is 7.26. The van der Waals surface area contributed by atoms with Crippen molar-refractivity contribution in [3.05, 3.63) is 53.4 Å². The van der Waals surface area contributed by atoms with Crippen molar-refractivity contribution in [3.63, 3.8) is 0 Å². The third-order valence-corrected chi connectivity index (χ3v) is 2.47. The highest BCUT2D eigenvalue weighted by atomic mass is 15.1. The number of nitrogens with one attached hydrogen (secondary N) is 1. The van der Waals surface area contributed by atoms with Crippen molar-refractivity contribution >= 4 is 5.69 Å². The van der Waals surface area contributed by atoms with Crippen LogP contribution in [0.2, 0.25) is 0 Å². The van der Waals surface area contributed by atoms with Gasteiger partial charge in [-0.15, -0.1) is 0 Å². The van der Waals surface area contributed by atoms with Crippen LogP contribution in [0.4, 0.5) is 5.69 Å². The Morgan fingerprint density at radius 2 is 1.70 bits per heavy atom. The molecule has 1 rings (SSSR count). The Labute approximate surface area is 118 Å². The average molecular weight is 263 g/mol. The molecule has 0 aromatic heterocycles. The highest BCUT2D eigenvalue weighted by molar-refractivity contribution is 5.50. The summed E-state index contributed by atoms with van der Waals surface area (Å²) in [7, 11) is 3.52. The fraction of sp³-hybridized carbons (Fsp3) is 0.133. The maximum atomic E-state index is 8.88. The topological polar surface area (TPSA) is 86.6 Å². The van der Waals surface area contributed by atoms with E-state index < -0.39 is 0 Å². The SMILES string of the molecule is CN(C)C(C=CNc1ccc(C#N)cc1)=C(C#N)C#N. The zero-order chi connectivity index (χ0) is 15.0. The lowest BCUT2D eigenvalue weighted by atomic mass is 10.2. The number of rotatable bonds is 4. The van der Waals surface area contributed by atoms with Crippen LogP contribution in [0.15, 0.2) is 47.8 Å². The van der Waals surface area contributed by atoms with Crippen LogP contribution in [0, 0.1) is 34.0 Å². The minimum Gasteiger partial charge on any atom is -0.376 e. The van der Waals surface area contributed by atoms with Gasteiger partial charge in [0.1, 0.15) is 12.1 Å². The Morgan fingerprint density at radius 3 is 2.15 bits per heavy atom. The van der Waals surface area contributed by atoms with Gasteiger partial charge in [-0.05, 0) is 30.3 Å². The number of benzene rings is 1. The molecule has 20 heavy (non-hydrogen) atoms. The molecule has 0 amide bonds. The second-order valence-corrected chi connectivity index (χ2v) is 4.05. The summed E-state index contributed by atoms with van der Waals surface area (Å²) in [5, 5.41) is 29.5. The molecule has 1 N–H and O–H groups in total. The zero-order valence-electron chi connectivity index (χ0n) is 11.3. The van der Waals surface area contributed by atoms with E-state index in [4.69, 9.17) is 15.8 Å². The first kappa shape index (κ1) is 14.8. The third-order valence-electron chi connectivity index (χ3n) is 2.47. The number of hydrogen-bond donors (Lipinski definition) is 1. The molecule has 0 saturated heterocycles. The molecule has 0 spiro atoms. The summed E-state index contributed by atoms with van der Waals surface area (Å²) >= 11 is 0. The summed E-state index contributed by atoms with van der Waals surface area (Å²) in [6.45, 7) is 0. The summed E-state index contributed by atoms with van der Waals surface area (Å²) < 4.78 is 0. The molecular formula is C15H13N5. The van der Waals surface area contributed by atoms with Crippen LogP contribution < -0.4 is 5.32 Å². The van der Waals surface area contributed by atoms with Crippen molar-refractivity contribution in [1.29, 1.82) is 15.8 Å². The zero-order valence-corrected chi connectivity index (χ0v) is 11.3. The molecular weight excluding hydrogens is 250 g/mol. The van der Waals surface area contributed by atoms with Crippen LogP contribution in [-0.2, 0) is 0 Å². The van der Waals surface area contributed by atoms with Crippen molar-refractivity contribution in [1.82, 2.24) is 4.90 Å². The van der Waals surface area contributed by atoms with E-state index in [1.807, 2.05) is 18.2 Å². The molecule has 98 valence electrons. The van der Waals surface area contributed by atoms with Crippen molar-refractivity contribution in [2.75, 3.05) is 19.4 Å². The van der Waals surface area contributed by atoms with Crippen LogP contribution in [0.5, 0.6) is 0 Å². The fourth-order valence-corrected chi connectivity index (χ4v) is 1.45. The van der Waals surface area contributed by atoms with Gasteiger partial charge in [-0.1, -0.05) is 0 Å². The van der Waals surface area contributed by atoms with E-state index in [-0.39, 0.29) is 5.57 Å². The fourth-order valence-electron chi connectivity index (χ4n) is 1.45. The van der Waals surface area contributed by atoms with Gasteiger partial charge in [-0.25, -0.2) is 0 Å². The summed E-state index contributed by atoms with van der Waals surface area (Å²) in [6, 6.07) is 12.7. The Morgan fingerprint density at radius 1 is 1.10 bits per heavy atom. The first-order valence-electron chi connectivity index (χ1n) is 5.77. The first-order valence-corrected chi connectivity index (χ1v) is 5.77. The lowest BCUT2D eigenvalue weighted by Gasteiger charge is -2.13. The molecule has 0 unspecified atom stereocenters. The molecule has 0 atom stereocenters. The number of anilines is 1. The molecule has 0 aliphatic rings. The summed E-state index contributed by atoms with van der Waals surface area (Å²) in [4.78, 5) is 1.69. The van der Waals surface area contributed by atoms with Crippen molar-refractivity contribution < 1.29 is 0 Å². The van der Waals surface area contributed by atoms with Gasteiger partial charge >= 0.3 is 0 Å². The van der Waals surface area contributed by atoms with E-state index in [0.717, 1.165) is 5.69 Å². The highest BCUT2D eigenvalue weighted by Gasteiger charge is 2.04. The molecule has 0 fully saturated rings. The molecule has 1 aromatic carbocycles. The maximum Gasteiger partial charge on any atom is 0.152 e. The molecule has 1 aromatic rings. The molecule has 0 aliphatic heterocycles. The molecule has 0 aliphatic carbocycles. The average Bonchev–Trinajstić information content (AvgIpc) is 2.47. The molecule has 0 saturated carbocycles. The molecule has 5 heteroatoms. The van der Waals surface area contributed by atoms with E-state index >= 15 is 0 Å². The predicted molar refractivity (Wildman–Crippen MR) is 75.9 cm³/mol. The Balaban J connectivity index is 2.86. The molecule has 0 bridgehead atoms. The summed E-state index contributed by atoms with van der Waals surface area (Å²) in [5.74, 6) is 0. The van der Waals surface area contributed by atoms with E-state index in [1.54, 1.807) is 55.5 Å².